The standard InChI is InChI=1S/C24H21N3O4S/c1-3-30-23(28)21-20(25-24(29)31-4-2)18-17(15-11-7-5-8-12-15)19(26-27-22(18)32-21)16-13-9-6-10-14-16/h5-14H,3-4H2,1-2H3,(H,25,29). The Kier molecular flexibility index (Phi) is 6.42. The number of ether oxygens (including phenoxy) is 2. The summed E-state index contributed by atoms with van der Waals surface area (Å²) in [6.45, 7) is 3.85. The predicted molar refractivity (Wildman–Crippen MR) is 125 cm³/mol. The summed E-state index contributed by atoms with van der Waals surface area (Å²) in [5.41, 5.74) is 3.47. The molecule has 1 N–H and O–H groups in total. The van der Waals surface area contributed by atoms with Crippen LogP contribution in [0.3, 0.4) is 0 Å². The van der Waals surface area contributed by atoms with Gasteiger partial charge in [0, 0.05) is 16.5 Å². The number of carbonyl (C=O) groups excluding carboxylic acids is 2. The fraction of sp³-hybridized carbons (Fsp3) is 0.167. The third-order valence-corrected chi connectivity index (χ3v) is 5.74. The Morgan fingerprint density at radius 2 is 1.50 bits per heavy atom. The predicted octanol–water partition coefficient (Wildman–Crippen LogP) is 5.77. The minimum absolute atomic E-state index is 0.198. The van der Waals surface area contributed by atoms with Crippen molar-refractivity contribution in [3.05, 3.63) is 65.5 Å². The molecule has 4 rings (SSSR count). The zero-order chi connectivity index (χ0) is 22.5. The van der Waals surface area contributed by atoms with E-state index < -0.39 is 12.1 Å². The zero-order valence-corrected chi connectivity index (χ0v) is 18.4. The summed E-state index contributed by atoms with van der Waals surface area (Å²) < 4.78 is 10.3. The summed E-state index contributed by atoms with van der Waals surface area (Å²) in [6.07, 6.45) is -0.658. The van der Waals surface area contributed by atoms with Crippen LogP contribution in [0.25, 0.3) is 32.6 Å². The maximum absolute atomic E-state index is 12.7. The average molecular weight is 448 g/mol. The second kappa shape index (κ2) is 9.57. The number of amides is 1. The number of carbonyl (C=O) groups is 2. The highest BCUT2D eigenvalue weighted by Gasteiger charge is 2.27. The Hall–Kier alpha value is -3.78. The zero-order valence-electron chi connectivity index (χ0n) is 17.6. The van der Waals surface area contributed by atoms with E-state index in [2.05, 4.69) is 15.5 Å². The van der Waals surface area contributed by atoms with Gasteiger partial charge in [0.05, 0.1) is 18.9 Å². The van der Waals surface area contributed by atoms with E-state index in [4.69, 9.17) is 9.47 Å². The van der Waals surface area contributed by atoms with Crippen molar-refractivity contribution in [2.45, 2.75) is 13.8 Å². The van der Waals surface area contributed by atoms with Crippen molar-refractivity contribution in [2.75, 3.05) is 18.5 Å². The van der Waals surface area contributed by atoms with Gasteiger partial charge >= 0.3 is 12.1 Å². The Morgan fingerprint density at radius 1 is 0.875 bits per heavy atom. The second-order valence-corrected chi connectivity index (χ2v) is 7.71. The van der Waals surface area contributed by atoms with E-state index in [-0.39, 0.29) is 18.1 Å². The van der Waals surface area contributed by atoms with E-state index in [9.17, 15) is 9.59 Å². The molecular weight excluding hydrogens is 426 g/mol. The summed E-state index contributed by atoms with van der Waals surface area (Å²) in [5.74, 6) is -0.539. The Bertz CT molecular complexity index is 1260. The minimum atomic E-state index is -0.658. The summed E-state index contributed by atoms with van der Waals surface area (Å²) >= 11 is 1.13. The van der Waals surface area contributed by atoms with Gasteiger partial charge in [0.2, 0.25) is 0 Å². The largest absolute Gasteiger partial charge is 0.462 e. The number of anilines is 1. The molecule has 0 atom stereocenters. The van der Waals surface area contributed by atoms with E-state index in [1.165, 1.54) is 0 Å². The lowest BCUT2D eigenvalue weighted by Crippen LogP contribution is -2.16. The van der Waals surface area contributed by atoms with Crippen LogP contribution in [0.5, 0.6) is 0 Å². The monoisotopic (exact) mass is 447 g/mol. The van der Waals surface area contributed by atoms with Crippen molar-refractivity contribution in [2.24, 2.45) is 0 Å². The molecular formula is C24H21N3O4S. The van der Waals surface area contributed by atoms with E-state index in [1.54, 1.807) is 13.8 Å². The molecule has 32 heavy (non-hydrogen) atoms. The van der Waals surface area contributed by atoms with Gasteiger partial charge in [0.15, 0.2) is 0 Å². The highest BCUT2D eigenvalue weighted by Crippen LogP contribution is 2.44. The van der Waals surface area contributed by atoms with Gasteiger partial charge in [-0.2, -0.15) is 0 Å². The lowest BCUT2D eigenvalue weighted by atomic mass is 9.96. The van der Waals surface area contributed by atoms with Crippen LogP contribution in [-0.4, -0.2) is 35.5 Å². The number of hydrogen-bond donors (Lipinski definition) is 1. The van der Waals surface area contributed by atoms with Gasteiger partial charge in [0.1, 0.15) is 15.4 Å². The summed E-state index contributed by atoms with van der Waals surface area (Å²) in [5, 5.41) is 12.2. The minimum Gasteiger partial charge on any atom is -0.462 e. The van der Waals surface area contributed by atoms with E-state index in [1.807, 2.05) is 60.7 Å². The molecule has 8 heteroatoms. The lowest BCUT2D eigenvalue weighted by molar-refractivity contribution is 0.0533. The maximum Gasteiger partial charge on any atom is 0.411 e. The molecule has 162 valence electrons. The van der Waals surface area contributed by atoms with Gasteiger partial charge in [0.25, 0.3) is 0 Å². The Morgan fingerprint density at radius 3 is 2.12 bits per heavy atom. The van der Waals surface area contributed by atoms with Gasteiger partial charge in [-0.3, -0.25) is 5.32 Å². The van der Waals surface area contributed by atoms with Crippen LogP contribution in [-0.2, 0) is 9.47 Å². The molecule has 0 bridgehead atoms. The first kappa shape index (κ1) is 21.5. The lowest BCUT2D eigenvalue weighted by Gasteiger charge is -2.13. The number of esters is 1. The number of hydrogen-bond acceptors (Lipinski definition) is 7. The van der Waals surface area contributed by atoms with Gasteiger partial charge in [-0.05, 0) is 19.4 Å². The first-order valence-corrected chi connectivity index (χ1v) is 11.0. The highest BCUT2D eigenvalue weighted by atomic mass is 32.1. The second-order valence-electron chi connectivity index (χ2n) is 6.71. The molecule has 2 aromatic heterocycles. The van der Waals surface area contributed by atoms with Crippen LogP contribution in [0.4, 0.5) is 10.5 Å². The first-order valence-electron chi connectivity index (χ1n) is 10.2. The van der Waals surface area contributed by atoms with Crippen LogP contribution >= 0.6 is 11.3 Å². The number of aromatic nitrogens is 2. The molecule has 0 aliphatic heterocycles. The van der Waals surface area contributed by atoms with Crippen LogP contribution in [0, 0.1) is 0 Å². The van der Waals surface area contributed by atoms with E-state index >= 15 is 0 Å². The van der Waals surface area contributed by atoms with Crippen LogP contribution in [0.15, 0.2) is 60.7 Å². The summed E-state index contributed by atoms with van der Waals surface area (Å²) in [7, 11) is 0. The van der Waals surface area contributed by atoms with Crippen molar-refractivity contribution in [1.82, 2.24) is 10.2 Å². The number of rotatable bonds is 6. The topological polar surface area (TPSA) is 90.4 Å². The molecule has 0 saturated carbocycles. The van der Waals surface area contributed by atoms with Crippen molar-refractivity contribution in [3.8, 4) is 22.4 Å². The fourth-order valence-corrected chi connectivity index (χ4v) is 4.38. The molecule has 2 heterocycles. The summed E-state index contributed by atoms with van der Waals surface area (Å²) in [6, 6.07) is 19.3. The number of nitrogens with zero attached hydrogens (tertiary/aromatic N) is 2. The van der Waals surface area contributed by atoms with Gasteiger partial charge in [-0.1, -0.05) is 60.7 Å². The molecule has 0 saturated heterocycles. The molecule has 0 fully saturated rings. The van der Waals surface area contributed by atoms with Crippen LogP contribution < -0.4 is 5.32 Å². The summed E-state index contributed by atoms with van der Waals surface area (Å²) in [4.78, 5) is 25.9. The highest BCUT2D eigenvalue weighted by molar-refractivity contribution is 7.21. The van der Waals surface area contributed by atoms with Crippen LogP contribution in [0.2, 0.25) is 0 Å². The van der Waals surface area contributed by atoms with Crippen molar-refractivity contribution < 1.29 is 19.1 Å². The molecule has 7 nitrogen and oxygen atoms in total. The Balaban J connectivity index is 2.05. The van der Waals surface area contributed by atoms with Gasteiger partial charge in [-0.25, -0.2) is 9.59 Å². The Labute approximate surface area is 189 Å². The van der Waals surface area contributed by atoms with Gasteiger partial charge in [-0.15, -0.1) is 21.5 Å². The van der Waals surface area contributed by atoms with Gasteiger partial charge < -0.3 is 9.47 Å². The molecule has 1 amide bonds. The number of nitrogens with one attached hydrogen (secondary N) is 1. The molecule has 0 aliphatic carbocycles. The first-order chi connectivity index (χ1) is 15.6. The molecule has 0 unspecified atom stereocenters. The van der Waals surface area contributed by atoms with Crippen molar-refractivity contribution in [1.29, 1.82) is 0 Å². The number of benzene rings is 2. The molecule has 4 aromatic rings. The van der Waals surface area contributed by atoms with E-state index in [0.29, 0.717) is 21.6 Å². The molecule has 0 radical (unpaired) electrons. The molecule has 0 spiro atoms. The number of thiophene rings is 1. The fourth-order valence-electron chi connectivity index (χ4n) is 3.40. The third-order valence-electron chi connectivity index (χ3n) is 4.69. The normalized spacial score (nSPS) is 10.7. The maximum atomic E-state index is 12.7. The smallest absolute Gasteiger partial charge is 0.411 e. The van der Waals surface area contributed by atoms with Crippen molar-refractivity contribution in [3.63, 3.8) is 0 Å². The molecule has 2 aromatic carbocycles. The van der Waals surface area contributed by atoms with Crippen molar-refractivity contribution >= 4 is 39.3 Å². The molecule has 0 aliphatic rings. The average Bonchev–Trinajstić information content (AvgIpc) is 3.18. The SMILES string of the molecule is CCOC(=O)Nc1c(C(=O)OCC)sc2nnc(-c3ccccc3)c(-c3ccccc3)c12. The number of fused-ring (bicyclic) bond motifs is 1. The quantitative estimate of drug-likeness (QED) is 0.377. The van der Waals surface area contributed by atoms with Crippen LogP contribution in [0.1, 0.15) is 23.5 Å². The van der Waals surface area contributed by atoms with E-state index in [0.717, 1.165) is 28.0 Å². The third kappa shape index (κ3) is 4.17.